The topological polar surface area (TPSA) is 71.3 Å². The number of unbranched alkanes of at least 4 members (excludes halogenated alkanes) is 1. The lowest BCUT2D eigenvalue weighted by Crippen LogP contribution is -2.25. The van der Waals surface area contributed by atoms with Gasteiger partial charge in [-0.05, 0) is 38.3 Å². The second kappa shape index (κ2) is 8.71. The number of rotatable bonds is 10. The summed E-state index contributed by atoms with van der Waals surface area (Å²) >= 11 is 1.77. The zero-order chi connectivity index (χ0) is 15.0. The number of hydrogen-bond donors (Lipinski definition) is 2. The molecule has 1 aromatic rings. The molecule has 0 spiro atoms. The third-order valence-electron chi connectivity index (χ3n) is 2.83. The number of furan rings is 1. The number of hydrogen-bond acceptors (Lipinski definition) is 5. The van der Waals surface area contributed by atoms with Gasteiger partial charge in [-0.15, -0.1) is 0 Å². The van der Waals surface area contributed by atoms with Crippen LogP contribution in [0.3, 0.4) is 0 Å². The zero-order valence-electron chi connectivity index (χ0n) is 12.4. The summed E-state index contributed by atoms with van der Waals surface area (Å²) in [6, 6.07) is 1.60. The Labute approximate surface area is 125 Å². The Kier molecular flexibility index (Phi) is 7.65. The molecule has 2 N–H and O–H groups in total. The molecular weight excluding hydrogens is 296 g/mol. The predicted molar refractivity (Wildman–Crippen MR) is 83.6 cm³/mol. The minimum absolute atomic E-state index is 0.246. The monoisotopic (exact) mass is 320 g/mol. The second-order valence-corrected chi connectivity index (χ2v) is 7.23. The first-order valence-electron chi connectivity index (χ1n) is 6.80. The molecular formula is C13H24N2O3S2. The van der Waals surface area contributed by atoms with Crippen molar-refractivity contribution >= 4 is 21.8 Å². The van der Waals surface area contributed by atoms with Gasteiger partial charge in [0.2, 0.25) is 10.0 Å². The summed E-state index contributed by atoms with van der Waals surface area (Å²) in [6.45, 7) is 5.49. The van der Waals surface area contributed by atoms with Crippen LogP contribution in [0.25, 0.3) is 0 Å². The lowest BCUT2D eigenvalue weighted by atomic mass is 10.3. The van der Waals surface area contributed by atoms with Crippen molar-refractivity contribution in [1.29, 1.82) is 0 Å². The van der Waals surface area contributed by atoms with E-state index in [0.29, 0.717) is 24.6 Å². The van der Waals surface area contributed by atoms with Gasteiger partial charge in [0.1, 0.15) is 16.4 Å². The van der Waals surface area contributed by atoms with Gasteiger partial charge >= 0.3 is 0 Å². The first-order chi connectivity index (χ1) is 9.51. The lowest BCUT2D eigenvalue weighted by molar-refractivity contribution is 0.460. The van der Waals surface area contributed by atoms with Crippen molar-refractivity contribution in [3.63, 3.8) is 0 Å². The maximum Gasteiger partial charge on any atom is 0.244 e. The van der Waals surface area contributed by atoms with Crippen LogP contribution in [0.5, 0.6) is 0 Å². The maximum absolute atomic E-state index is 12.2. The second-order valence-electron chi connectivity index (χ2n) is 4.51. The van der Waals surface area contributed by atoms with Crippen molar-refractivity contribution in [2.45, 2.75) is 38.1 Å². The van der Waals surface area contributed by atoms with Gasteiger partial charge in [-0.3, -0.25) is 0 Å². The van der Waals surface area contributed by atoms with Crippen LogP contribution >= 0.6 is 11.8 Å². The Morgan fingerprint density at radius 3 is 2.75 bits per heavy atom. The van der Waals surface area contributed by atoms with E-state index in [2.05, 4.69) is 10.0 Å². The van der Waals surface area contributed by atoms with Gasteiger partial charge in [-0.1, -0.05) is 6.92 Å². The molecule has 7 heteroatoms. The Hall–Kier alpha value is -0.500. The number of thioether (sulfide) groups is 1. The Balaban J connectivity index is 2.60. The van der Waals surface area contributed by atoms with Crippen molar-refractivity contribution in [1.82, 2.24) is 10.0 Å². The molecule has 1 heterocycles. The van der Waals surface area contributed by atoms with Crippen LogP contribution in [0.1, 0.15) is 31.3 Å². The standard InChI is InChI=1S/C13H24N2O3S2/c1-4-14-10-12-9-13(11(2)18-12)20(16,17)15-7-5-6-8-19-3/h9,14-15H,4-8,10H2,1-3H3. The summed E-state index contributed by atoms with van der Waals surface area (Å²) in [7, 11) is -3.46. The molecule has 0 atom stereocenters. The van der Waals surface area contributed by atoms with E-state index in [4.69, 9.17) is 4.42 Å². The molecule has 1 rings (SSSR count). The predicted octanol–water partition coefficient (Wildman–Crippen LogP) is 2.12. The zero-order valence-corrected chi connectivity index (χ0v) is 14.0. The highest BCUT2D eigenvalue weighted by Gasteiger charge is 2.20. The summed E-state index contributed by atoms with van der Waals surface area (Å²) in [5.74, 6) is 2.14. The molecule has 20 heavy (non-hydrogen) atoms. The van der Waals surface area contributed by atoms with Gasteiger partial charge in [0.15, 0.2) is 0 Å². The lowest BCUT2D eigenvalue weighted by Gasteiger charge is -2.04. The molecule has 0 amide bonds. The molecule has 0 saturated carbocycles. The van der Waals surface area contributed by atoms with E-state index < -0.39 is 10.0 Å². The fourth-order valence-electron chi connectivity index (χ4n) is 1.78. The van der Waals surface area contributed by atoms with E-state index in [1.165, 1.54) is 0 Å². The Bertz CT molecular complexity index is 498. The van der Waals surface area contributed by atoms with E-state index in [1.54, 1.807) is 24.8 Å². The van der Waals surface area contributed by atoms with E-state index >= 15 is 0 Å². The highest BCUT2D eigenvalue weighted by molar-refractivity contribution is 7.98. The molecule has 0 aromatic carbocycles. The van der Waals surface area contributed by atoms with E-state index in [-0.39, 0.29) is 4.90 Å². The van der Waals surface area contributed by atoms with Gasteiger partial charge in [0, 0.05) is 12.6 Å². The average Bonchev–Trinajstić information content (AvgIpc) is 2.78. The number of aryl methyl sites for hydroxylation is 1. The van der Waals surface area contributed by atoms with Crippen LogP contribution in [0, 0.1) is 6.92 Å². The first-order valence-corrected chi connectivity index (χ1v) is 9.67. The number of nitrogens with one attached hydrogen (secondary N) is 2. The van der Waals surface area contributed by atoms with Crippen molar-refractivity contribution < 1.29 is 12.8 Å². The van der Waals surface area contributed by atoms with Gasteiger partial charge in [-0.25, -0.2) is 13.1 Å². The minimum atomic E-state index is -3.46. The summed E-state index contributed by atoms with van der Waals surface area (Å²) in [5, 5.41) is 3.11. The van der Waals surface area contributed by atoms with Gasteiger partial charge in [-0.2, -0.15) is 11.8 Å². The summed E-state index contributed by atoms with van der Waals surface area (Å²) in [4.78, 5) is 0.246. The molecule has 0 saturated heterocycles. The fraction of sp³-hybridized carbons (Fsp3) is 0.692. The van der Waals surface area contributed by atoms with Crippen molar-refractivity contribution in [2.24, 2.45) is 0 Å². The van der Waals surface area contributed by atoms with Gasteiger partial charge < -0.3 is 9.73 Å². The maximum atomic E-state index is 12.2. The molecule has 116 valence electrons. The summed E-state index contributed by atoms with van der Waals surface area (Å²) < 4.78 is 32.4. The molecule has 1 aromatic heterocycles. The van der Waals surface area contributed by atoms with E-state index in [0.717, 1.165) is 25.1 Å². The van der Waals surface area contributed by atoms with E-state index in [1.807, 2.05) is 13.2 Å². The molecule has 5 nitrogen and oxygen atoms in total. The van der Waals surface area contributed by atoms with Crippen molar-refractivity contribution in [3.8, 4) is 0 Å². The molecule has 0 aliphatic carbocycles. The smallest absolute Gasteiger partial charge is 0.244 e. The van der Waals surface area contributed by atoms with Crippen molar-refractivity contribution in [2.75, 3.05) is 25.1 Å². The largest absolute Gasteiger partial charge is 0.464 e. The summed E-state index contributed by atoms with van der Waals surface area (Å²) in [6.07, 6.45) is 3.91. The highest BCUT2D eigenvalue weighted by Crippen LogP contribution is 2.19. The van der Waals surface area contributed by atoms with Crippen LogP contribution in [0.4, 0.5) is 0 Å². The van der Waals surface area contributed by atoms with Gasteiger partial charge in [0.05, 0.1) is 6.54 Å². The van der Waals surface area contributed by atoms with E-state index in [9.17, 15) is 8.42 Å². The third kappa shape index (κ3) is 5.47. The quantitative estimate of drug-likeness (QED) is 0.646. The Morgan fingerprint density at radius 2 is 2.10 bits per heavy atom. The average molecular weight is 320 g/mol. The SMILES string of the molecule is CCNCc1cc(S(=O)(=O)NCCCCSC)c(C)o1. The number of sulfonamides is 1. The normalized spacial score (nSPS) is 11.9. The van der Waals surface area contributed by atoms with Gasteiger partial charge in [0.25, 0.3) is 0 Å². The molecule has 0 radical (unpaired) electrons. The minimum Gasteiger partial charge on any atom is -0.464 e. The molecule has 0 aliphatic rings. The van der Waals surface area contributed by atoms with Crippen LogP contribution in [0.2, 0.25) is 0 Å². The molecule has 0 unspecified atom stereocenters. The van der Waals surface area contributed by atoms with Crippen molar-refractivity contribution in [3.05, 3.63) is 17.6 Å². The van der Waals surface area contributed by atoms with Crippen LogP contribution in [-0.2, 0) is 16.6 Å². The highest BCUT2D eigenvalue weighted by atomic mass is 32.2. The molecule has 0 fully saturated rings. The van der Waals surface area contributed by atoms with Crippen LogP contribution in [-0.4, -0.2) is 33.5 Å². The molecule has 0 bridgehead atoms. The fourth-order valence-corrected chi connectivity index (χ4v) is 3.55. The Morgan fingerprint density at radius 1 is 1.35 bits per heavy atom. The molecule has 0 aliphatic heterocycles. The van der Waals surface area contributed by atoms with Crippen LogP contribution in [0.15, 0.2) is 15.4 Å². The summed E-state index contributed by atoms with van der Waals surface area (Å²) in [5.41, 5.74) is 0. The first kappa shape index (κ1) is 17.6. The third-order valence-corrected chi connectivity index (χ3v) is 5.09. The van der Waals surface area contributed by atoms with Crippen LogP contribution < -0.4 is 10.0 Å².